The fourth-order valence-electron chi connectivity index (χ4n) is 3.34. The van der Waals surface area contributed by atoms with Crippen LogP contribution < -0.4 is 10.6 Å². The maximum atomic E-state index is 12.1. The van der Waals surface area contributed by atoms with Crippen LogP contribution in [-0.2, 0) is 4.79 Å². The molecule has 0 saturated carbocycles. The Hall–Kier alpha value is -3.30. The van der Waals surface area contributed by atoms with Crippen molar-refractivity contribution in [1.82, 2.24) is 10.6 Å². The molecule has 42 heavy (non-hydrogen) atoms. The first-order valence-electron chi connectivity index (χ1n) is 14.4. The second kappa shape index (κ2) is 25.4. The third kappa shape index (κ3) is 19.7. The fraction of sp³-hybridized carbons (Fsp3) is 0.394. The number of hydrogen-bond acceptors (Lipinski definition) is 7. The Balaban J connectivity index is 1.95. The zero-order chi connectivity index (χ0) is 30.7. The predicted octanol–water partition coefficient (Wildman–Crippen LogP) is 7.51. The molecule has 0 spiro atoms. The molecular formula is C33H46N2O5S2. The van der Waals surface area contributed by atoms with E-state index in [4.69, 9.17) is 0 Å². The highest BCUT2D eigenvalue weighted by Gasteiger charge is 2.13. The van der Waals surface area contributed by atoms with Gasteiger partial charge in [0.2, 0.25) is 5.91 Å². The van der Waals surface area contributed by atoms with E-state index in [1.165, 1.54) is 0 Å². The summed E-state index contributed by atoms with van der Waals surface area (Å²) in [5, 5.41) is 33.9. The summed E-state index contributed by atoms with van der Waals surface area (Å²) in [6.07, 6.45) is 33.0. The first-order valence-corrected chi connectivity index (χ1v) is 16.9. The number of nitrogens with one attached hydrogen (secondary N) is 2. The Morgan fingerprint density at radius 3 is 1.57 bits per heavy atom. The van der Waals surface area contributed by atoms with Crippen LogP contribution in [0.2, 0.25) is 0 Å². The summed E-state index contributed by atoms with van der Waals surface area (Å²) < 4.78 is 0. The molecule has 1 aromatic rings. The molecule has 0 aliphatic heterocycles. The van der Waals surface area contributed by atoms with Gasteiger partial charge in [-0.25, -0.2) is 0 Å². The maximum Gasteiger partial charge on any atom is 0.251 e. The molecule has 9 heteroatoms. The number of phenols is 3. The van der Waals surface area contributed by atoms with Crippen molar-refractivity contribution in [3.05, 3.63) is 90.6 Å². The lowest BCUT2D eigenvalue weighted by atomic mass is 10.1. The van der Waals surface area contributed by atoms with Crippen LogP contribution >= 0.6 is 21.6 Å². The van der Waals surface area contributed by atoms with Gasteiger partial charge in [0.1, 0.15) is 0 Å². The van der Waals surface area contributed by atoms with E-state index in [0.29, 0.717) is 31.7 Å². The minimum Gasteiger partial charge on any atom is -0.504 e. The summed E-state index contributed by atoms with van der Waals surface area (Å²) in [7, 11) is 3.18. The minimum absolute atomic E-state index is 0.0350. The van der Waals surface area contributed by atoms with Gasteiger partial charge in [0.15, 0.2) is 17.2 Å². The number of carbonyl (C=O) groups is 2. The number of hydrogen-bond donors (Lipinski definition) is 5. The zero-order valence-corrected chi connectivity index (χ0v) is 26.2. The molecule has 0 unspecified atom stereocenters. The van der Waals surface area contributed by atoms with Crippen LogP contribution in [0.25, 0.3) is 0 Å². The molecule has 0 aliphatic carbocycles. The number of carbonyl (C=O) groups excluding carboxylic acids is 2. The van der Waals surface area contributed by atoms with Gasteiger partial charge in [-0.2, -0.15) is 0 Å². The van der Waals surface area contributed by atoms with Gasteiger partial charge >= 0.3 is 0 Å². The smallest absolute Gasteiger partial charge is 0.251 e. The molecule has 230 valence electrons. The minimum atomic E-state index is -0.653. The third-order valence-electron chi connectivity index (χ3n) is 5.53. The van der Waals surface area contributed by atoms with Crippen molar-refractivity contribution in [1.29, 1.82) is 0 Å². The summed E-state index contributed by atoms with van der Waals surface area (Å²) >= 11 is 0. The first kappa shape index (κ1) is 36.7. The van der Waals surface area contributed by atoms with Crippen molar-refractivity contribution in [2.45, 2.75) is 58.3 Å². The van der Waals surface area contributed by atoms with Crippen molar-refractivity contribution in [2.75, 3.05) is 24.6 Å². The predicted molar refractivity (Wildman–Crippen MR) is 179 cm³/mol. The maximum absolute atomic E-state index is 12.1. The van der Waals surface area contributed by atoms with Crippen LogP contribution in [-0.4, -0.2) is 51.7 Å². The first-order chi connectivity index (χ1) is 20.5. The topological polar surface area (TPSA) is 119 Å². The molecule has 0 radical (unpaired) electrons. The highest BCUT2D eigenvalue weighted by atomic mass is 33.1. The van der Waals surface area contributed by atoms with E-state index < -0.39 is 23.2 Å². The number of rotatable bonds is 22. The number of allylic oxidation sites excluding steroid dienone is 12. The second-order valence-corrected chi connectivity index (χ2v) is 11.8. The van der Waals surface area contributed by atoms with Crippen molar-refractivity contribution in [2.24, 2.45) is 0 Å². The molecule has 0 fully saturated rings. The Kier molecular flexibility index (Phi) is 22.2. The average Bonchev–Trinajstić information content (AvgIpc) is 2.98. The van der Waals surface area contributed by atoms with Crippen molar-refractivity contribution < 1.29 is 24.9 Å². The van der Waals surface area contributed by atoms with Crippen molar-refractivity contribution in [3.8, 4) is 17.2 Å². The molecule has 0 aromatic heterocycles. The molecule has 7 nitrogen and oxygen atoms in total. The average molecular weight is 615 g/mol. The summed E-state index contributed by atoms with van der Waals surface area (Å²) in [5.41, 5.74) is 0.0622. The van der Waals surface area contributed by atoms with Crippen LogP contribution in [0.5, 0.6) is 17.2 Å². The molecule has 5 N–H and O–H groups in total. The lowest BCUT2D eigenvalue weighted by molar-refractivity contribution is -0.120. The van der Waals surface area contributed by atoms with Crippen LogP contribution in [0.1, 0.15) is 68.6 Å². The van der Waals surface area contributed by atoms with E-state index in [1.807, 2.05) is 6.08 Å². The van der Waals surface area contributed by atoms with Gasteiger partial charge in [-0.05, 0) is 57.1 Å². The quantitative estimate of drug-likeness (QED) is 0.0397. The zero-order valence-electron chi connectivity index (χ0n) is 24.5. The van der Waals surface area contributed by atoms with Gasteiger partial charge in [0.25, 0.3) is 5.91 Å². The van der Waals surface area contributed by atoms with E-state index in [-0.39, 0.29) is 11.5 Å². The van der Waals surface area contributed by atoms with Gasteiger partial charge < -0.3 is 26.0 Å². The summed E-state index contributed by atoms with van der Waals surface area (Å²) in [6.45, 7) is 3.13. The van der Waals surface area contributed by atoms with Crippen LogP contribution in [0.15, 0.2) is 85.0 Å². The second-order valence-electron chi connectivity index (χ2n) is 9.07. The molecule has 0 bridgehead atoms. The largest absolute Gasteiger partial charge is 0.504 e. The Morgan fingerprint density at radius 2 is 1.10 bits per heavy atom. The lowest BCUT2D eigenvalue weighted by Crippen LogP contribution is -2.26. The van der Waals surface area contributed by atoms with Gasteiger partial charge in [-0.15, -0.1) is 0 Å². The Bertz CT molecular complexity index is 1070. The monoisotopic (exact) mass is 614 g/mol. The molecule has 1 rings (SSSR count). The van der Waals surface area contributed by atoms with Crippen molar-refractivity contribution in [3.63, 3.8) is 0 Å². The number of phenolic OH excluding ortho intramolecular Hbond substituents is 3. The highest BCUT2D eigenvalue weighted by molar-refractivity contribution is 8.76. The number of amides is 2. The van der Waals surface area contributed by atoms with E-state index in [9.17, 15) is 24.9 Å². The van der Waals surface area contributed by atoms with Gasteiger partial charge in [-0.3, -0.25) is 9.59 Å². The van der Waals surface area contributed by atoms with E-state index in [0.717, 1.165) is 56.4 Å². The molecule has 0 atom stereocenters. The fourth-order valence-corrected chi connectivity index (χ4v) is 5.15. The third-order valence-corrected chi connectivity index (χ3v) is 7.94. The molecule has 2 amide bonds. The number of benzene rings is 1. The van der Waals surface area contributed by atoms with Gasteiger partial charge in [0.05, 0.1) is 0 Å². The van der Waals surface area contributed by atoms with Crippen LogP contribution in [0.3, 0.4) is 0 Å². The SMILES string of the molecule is CCC=CCC=CCC=CCC=CCC=CCC=CCCC(=O)NCCSSCCNC(=O)c1cc(O)c(O)c(O)c1. The van der Waals surface area contributed by atoms with E-state index >= 15 is 0 Å². The summed E-state index contributed by atoms with van der Waals surface area (Å²) in [5.74, 6) is -0.765. The molecule has 1 aromatic carbocycles. The molecule has 0 aliphatic rings. The highest BCUT2D eigenvalue weighted by Crippen LogP contribution is 2.35. The van der Waals surface area contributed by atoms with Crippen molar-refractivity contribution >= 4 is 33.4 Å². The standard InChI is InChI=1S/C33H46N2O5S2/c1-2-3-4-5-6-7-8-9-10-11-12-13-14-15-16-17-18-19-20-21-31(38)34-22-24-41-42-25-23-35-33(40)28-26-29(36)32(39)30(37)27-28/h3-4,6-7,9-10,12-13,15-16,18-19,26-27,36-37,39H,2,5,8,11,14,17,20-25H2,1H3,(H,34,38)(H,35,40). The van der Waals surface area contributed by atoms with E-state index in [2.05, 4.69) is 84.4 Å². The van der Waals surface area contributed by atoms with Crippen LogP contribution in [0, 0.1) is 0 Å². The molecular weight excluding hydrogens is 569 g/mol. The summed E-state index contributed by atoms with van der Waals surface area (Å²) in [4.78, 5) is 24.0. The molecule has 0 heterocycles. The van der Waals surface area contributed by atoms with Gasteiger partial charge in [-0.1, -0.05) is 101 Å². The van der Waals surface area contributed by atoms with E-state index in [1.54, 1.807) is 21.6 Å². The Morgan fingerprint density at radius 1 is 0.667 bits per heavy atom. The summed E-state index contributed by atoms with van der Waals surface area (Å²) in [6, 6.07) is 2.19. The lowest BCUT2D eigenvalue weighted by Gasteiger charge is -2.07. The Labute approximate surface area is 259 Å². The molecule has 0 saturated heterocycles. The normalized spacial score (nSPS) is 12.2. The van der Waals surface area contributed by atoms with Gasteiger partial charge in [0, 0.05) is 36.6 Å². The number of aromatic hydroxyl groups is 3. The van der Waals surface area contributed by atoms with Crippen LogP contribution in [0.4, 0.5) is 0 Å².